The van der Waals surface area contributed by atoms with Crippen LogP contribution in [0.2, 0.25) is 0 Å². The van der Waals surface area contributed by atoms with Crippen LogP contribution in [0.4, 0.5) is 0 Å². The molecule has 2 fully saturated rings. The zero-order valence-electron chi connectivity index (χ0n) is 11.3. The Kier molecular flexibility index (Phi) is 3.33. The van der Waals surface area contributed by atoms with Gasteiger partial charge in [-0.05, 0) is 49.1 Å². The molecule has 1 atom stereocenters. The average Bonchev–Trinajstić information content (AvgIpc) is 2.64. The molecule has 0 aromatic rings. The van der Waals surface area contributed by atoms with E-state index in [1.54, 1.807) is 0 Å². The Bertz CT molecular complexity index is 227. The van der Waals surface area contributed by atoms with E-state index in [-0.39, 0.29) is 0 Å². The van der Waals surface area contributed by atoms with Gasteiger partial charge in [-0.2, -0.15) is 0 Å². The molecule has 0 spiro atoms. The van der Waals surface area contributed by atoms with Crippen molar-refractivity contribution in [2.75, 3.05) is 19.7 Å². The van der Waals surface area contributed by atoms with Gasteiger partial charge in [-0.3, -0.25) is 0 Å². The molecule has 16 heavy (non-hydrogen) atoms. The Hall–Kier alpha value is -0.0800. The first-order chi connectivity index (χ1) is 7.46. The van der Waals surface area contributed by atoms with Gasteiger partial charge in [0.05, 0.1) is 6.10 Å². The third-order valence-corrected chi connectivity index (χ3v) is 5.34. The van der Waals surface area contributed by atoms with Crippen molar-refractivity contribution in [3.8, 4) is 0 Å². The number of ether oxygens (including phenoxy) is 1. The van der Waals surface area contributed by atoms with Crippen molar-refractivity contribution in [2.24, 2.45) is 16.7 Å². The molecule has 1 saturated carbocycles. The second kappa shape index (κ2) is 4.30. The summed E-state index contributed by atoms with van der Waals surface area (Å²) in [6, 6.07) is 0. The fourth-order valence-electron chi connectivity index (χ4n) is 3.22. The van der Waals surface area contributed by atoms with Gasteiger partial charge in [-0.25, -0.2) is 0 Å². The van der Waals surface area contributed by atoms with Crippen molar-refractivity contribution in [1.29, 1.82) is 0 Å². The normalized spacial score (nSPS) is 31.9. The van der Waals surface area contributed by atoms with Crippen molar-refractivity contribution in [3.63, 3.8) is 0 Å². The molecule has 1 unspecified atom stereocenters. The van der Waals surface area contributed by atoms with Gasteiger partial charge in [-0.15, -0.1) is 0 Å². The maximum Gasteiger partial charge on any atom is 0.0588 e. The topological polar surface area (TPSA) is 21.3 Å². The molecule has 0 aromatic heterocycles. The first-order valence-corrected chi connectivity index (χ1v) is 6.78. The van der Waals surface area contributed by atoms with E-state index in [1.807, 2.05) is 0 Å². The number of rotatable bonds is 5. The van der Waals surface area contributed by atoms with Crippen LogP contribution in [0.5, 0.6) is 0 Å². The molecule has 0 bridgehead atoms. The lowest BCUT2D eigenvalue weighted by molar-refractivity contribution is 0.104. The fraction of sp³-hybridized carbons (Fsp3) is 1.00. The standard InChI is InChI=1S/C14H27NO/c1-13(2)12(14(13,3)4)10-15-8-7-11-6-5-9-16-11/h11-12,15H,5-10H2,1-4H3. The predicted octanol–water partition coefficient (Wildman–Crippen LogP) is 2.83. The van der Waals surface area contributed by atoms with Crippen LogP contribution in [0.3, 0.4) is 0 Å². The van der Waals surface area contributed by atoms with E-state index in [0.29, 0.717) is 16.9 Å². The highest BCUT2D eigenvalue weighted by molar-refractivity contribution is 5.12. The summed E-state index contributed by atoms with van der Waals surface area (Å²) in [5.74, 6) is 0.837. The second-order valence-electron chi connectivity index (χ2n) is 6.62. The van der Waals surface area contributed by atoms with Gasteiger partial charge in [0.15, 0.2) is 0 Å². The highest BCUT2D eigenvalue weighted by Crippen LogP contribution is 2.67. The summed E-state index contributed by atoms with van der Waals surface area (Å²) in [4.78, 5) is 0. The van der Waals surface area contributed by atoms with E-state index >= 15 is 0 Å². The molecular weight excluding hydrogens is 198 g/mol. The van der Waals surface area contributed by atoms with Crippen molar-refractivity contribution >= 4 is 0 Å². The van der Waals surface area contributed by atoms with E-state index in [0.717, 1.165) is 19.1 Å². The second-order valence-corrected chi connectivity index (χ2v) is 6.62. The summed E-state index contributed by atoms with van der Waals surface area (Å²) in [6.07, 6.45) is 4.25. The molecule has 0 aromatic carbocycles. The lowest BCUT2D eigenvalue weighted by Gasteiger charge is -2.10. The van der Waals surface area contributed by atoms with Crippen LogP contribution in [0.1, 0.15) is 47.0 Å². The molecule has 2 aliphatic rings. The van der Waals surface area contributed by atoms with Crippen molar-refractivity contribution in [3.05, 3.63) is 0 Å². The molecule has 0 radical (unpaired) electrons. The Balaban J connectivity index is 1.59. The largest absolute Gasteiger partial charge is 0.378 e. The summed E-state index contributed by atoms with van der Waals surface area (Å²) < 4.78 is 5.62. The van der Waals surface area contributed by atoms with Crippen LogP contribution in [-0.2, 0) is 4.74 Å². The molecule has 1 saturated heterocycles. The van der Waals surface area contributed by atoms with Gasteiger partial charge < -0.3 is 10.1 Å². The van der Waals surface area contributed by atoms with Crippen LogP contribution in [0, 0.1) is 16.7 Å². The minimum atomic E-state index is 0.518. The van der Waals surface area contributed by atoms with Crippen LogP contribution < -0.4 is 5.32 Å². The van der Waals surface area contributed by atoms with Crippen molar-refractivity contribution in [1.82, 2.24) is 5.32 Å². The van der Waals surface area contributed by atoms with Gasteiger partial charge in [0.2, 0.25) is 0 Å². The molecule has 1 N–H and O–H groups in total. The van der Waals surface area contributed by atoms with Gasteiger partial charge in [0, 0.05) is 6.61 Å². The van der Waals surface area contributed by atoms with Gasteiger partial charge in [0.1, 0.15) is 0 Å². The summed E-state index contributed by atoms with van der Waals surface area (Å²) in [5.41, 5.74) is 1.04. The Morgan fingerprint density at radius 1 is 1.19 bits per heavy atom. The van der Waals surface area contributed by atoms with E-state index in [9.17, 15) is 0 Å². The van der Waals surface area contributed by atoms with E-state index in [2.05, 4.69) is 33.0 Å². The van der Waals surface area contributed by atoms with E-state index < -0.39 is 0 Å². The number of nitrogens with one attached hydrogen (secondary N) is 1. The van der Waals surface area contributed by atoms with Crippen molar-refractivity contribution in [2.45, 2.75) is 53.1 Å². The summed E-state index contributed by atoms with van der Waals surface area (Å²) >= 11 is 0. The third kappa shape index (κ3) is 2.14. The monoisotopic (exact) mass is 225 g/mol. The zero-order chi connectivity index (χ0) is 11.8. The van der Waals surface area contributed by atoms with Crippen molar-refractivity contribution < 1.29 is 4.74 Å². The van der Waals surface area contributed by atoms with Crippen LogP contribution in [-0.4, -0.2) is 25.8 Å². The summed E-state index contributed by atoms with van der Waals surface area (Å²) in [6.45, 7) is 12.8. The summed E-state index contributed by atoms with van der Waals surface area (Å²) in [7, 11) is 0. The van der Waals surface area contributed by atoms with Crippen LogP contribution in [0.15, 0.2) is 0 Å². The zero-order valence-corrected chi connectivity index (χ0v) is 11.3. The highest BCUT2D eigenvalue weighted by atomic mass is 16.5. The highest BCUT2D eigenvalue weighted by Gasteiger charge is 2.63. The van der Waals surface area contributed by atoms with Gasteiger partial charge >= 0.3 is 0 Å². The Labute approximate surface area is 100 Å². The average molecular weight is 225 g/mol. The molecule has 1 aliphatic heterocycles. The maximum absolute atomic E-state index is 5.62. The van der Waals surface area contributed by atoms with Crippen LogP contribution >= 0.6 is 0 Å². The minimum Gasteiger partial charge on any atom is -0.378 e. The first-order valence-electron chi connectivity index (χ1n) is 6.78. The lowest BCUT2D eigenvalue weighted by Crippen LogP contribution is -2.23. The summed E-state index contributed by atoms with van der Waals surface area (Å²) in [5, 5.41) is 3.61. The predicted molar refractivity (Wildman–Crippen MR) is 67.5 cm³/mol. The minimum absolute atomic E-state index is 0.518. The van der Waals surface area contributed by atoms with E-state index in [1.165, 1.54) is 25.8 Å². The number of hydrogen-bond acceptors (Lipinski definition) is 2. The Morgan fingerprint density at radius 2 is 1.88 bits per heavy atom. The molecule has 2 nitrogen and oxygen atoms in total. The molecule has 2 heteroatoms. The molecule has 0 amide bonds. The molecule has 1 aliphatic carbocycles. The smallest absolute Gasteiger partial charge is 0.0588 e. The molecule has 1 heterocycles. The van der Waals surface area contributed by atoms with Crippen LogP contribution in [0.25, 0.3) is 0 Å². The SMILES string of the molecule is CC1(C)C(CNCCC2CCCO2)C1(C)C. The van der Waals surface area contributed by atoms with Gasteiger partial charge in [0.25, 0.3) is 0 Å². The molecule has 94 valence electrons. The molecular formula is C14H27NO. The Morgan fingerprint density at radius 3 is 2.38 bits per heavy atom. The third-order valence-electron chi connectivity index (χ3n) is 5.34. The molecule has 2 rings (SSSR count). The maximum atomic E-state index is 5.62. The lowest BCUT2D eigenvalue weighted by atomic mass is 10.0. The first kappa shape index (κ1) is 12.4. The van der Waals surface area contributed by atoms with Gasteiger partial charge in [-0.1, -0.05) is 27.7 Å². The quantitative estimate of drug-likeness (QED) is 0.726. The number of hydrogen-bond donors (Lipinski definition) is 1. The fourth-order valence-corrected chi connectivity index (χ4v) is 3.22. The van der Waals surface area contributed by atoms with E-state index in [4.69, 9.17) is 4.74 Å².